The van der Waals surface area contributed by atoms with Gasteiger partial charge < -0.3 is 24.7 Å². The van der Waals surface area contributed by atoms with E-state index in [2.05, 4.69) is 9.98 Å². The van der Waals surface area contributed by atoms with E-state index in [-0.39, 0.29) is 5.88 Å². The van der Waals surface area contributed by atoms with Crippen LogP contribution in [0.4, 0.5) is 0 Å². The quantitative estimate of drug-likeness (QED) is 0.456. The van der Waals surface area contributed by atoms with Gasteiger partial charge in [-0.25, -0.2) is 4.79 Å². The maximum Gasteiger partial charge on any atom is 0.333 e. The molecule has 150 valence electrons. The minimum absolute atomic E-state index is 0.0593. The molecule has 7 heteroatoms. The van der Waals surface area contributed by atoms with Crippen LogP contribution in [-0.2, 0) is 27.5 Å². The molecule has 1 aromatic heterocycles. The number of aromatic amines is 1. The van der Waals surface area contributed by atoms with Crippen LogP contribution in [-0.4, -0.2) is 46.1 Å². The van der Waals surface area contributed by atoms with Crippen LogP contribution in [0.5, 0.6) is 5.88 Å². The van der Waals surface area contributed by atoms with Crippen LogP contribution in [0.2, 0.25) is 0 Å². The molecule has 2 aromatic carbocycles. The molecule has 1 aliphatic rings. The molecular formula is C22H22N2O5. The molecule has 0 saturated heterocycles. The number of H-pyrrole nitrogens is 1. The van der Waals surface area contributed by atoms with E-state index in [1.807, 2.05) is 42.5 Å². The molecule has 4 rings (SSSR count). The number of hydrogen-bond acceptors (Lipinski definition) is 6. The minimum Gasteiger partial charge on any atom is -0.494 e. The normalized spacial score (nSPS) is 15.9. The topological polar surface area (TPSA) is 104 Å². The smallest absolute Gasteiger partial charge is 0.333 e. The monoisotopic (exact) mass is 394 g/mol. The minimum atomic E-state index is -1.13. The van der Waals surface area contributed by atoms with Gasteiger partial charge in [0.1, 0.15) is 0 Å². The number of carbonyl (C=O) groups is 1. The number of fused-ring (bicyclic) bond motifs is 2. The van der Waals surface area contributed by atoms with E-state index >= 15 is 0 Å². The molecule has 2 heterocycles. The first-order valence-electron chi connectivity index (χ1n) is 9.33. The number of esters is 1. The number of nitrogens with zero attached hydrogens (tertiary/aromatic N) is 1. The Morgan fingerprint density at radius 2 is 1.97 bits per heavy atom. The predicted molar refractivity (Wildman–Crippen MR) is 108 cm³/mol. The maximum atomic E-state index is 12.2. The number of para-hydroxylation sites is 1. The lowest BCUT2D eigenvalue weighted by Gasteiger charge is -2.16. The van der Waals surface area contributed by atoms with Crippen molar-refractivity contribution in [3.63, 3.8) is 0 Å². The van der Waals surface area contributed by atoms with E-state index in [1.54, 1.807) is 0 Å². The van der Waals surface area contributed by atoms with Gasteiger partial charge in [0.25, 0.3) is 0 Å². The molecule has 3 N–H and O–H groups in total. The van der Waals surface area contributed by atoms with Crippen molar-refractivity contribution >= 4 is 22.6 Å². The summed E-state index contributed by atoms with van der Waals surface area (Å²) in [5, 5.41) is 21.6. The van der Waals surface area contributed by atoms with Crippen molar-refractivity contribution < 1.29 is 24.5 Å². The number of benzene rings is 2. The molecule has 0 amide bonds. The van der Waals surface area contributed by atoms with Gasteiger partial charge in [-0.1, -0.05) is 30.3 Å². The molecule has 1 aliphatic heterocycles. The van der Waals surface area contributed by atoms with Gasteiger partial charge in [-0.15, -0.1) is 0 Å². The van der Waals surface area contributed by atoms with Gasteiger partial charge in [0.15, 0.2) is 11.9 Å². The number of methoxy groups -OCH3 is 1. The first kappa shape index (κ1) is 19.2. The number of aliphatic imine (C=N–C) groups is 1. The number of rotatable bonds is 5. The second-order valence-electron chi connectivity index (χ2n) is 7.06. The van der Waals surface area contributed by atoms with Gasteiger partial charge >= 0.3 is 5.97 Å². The van der Waals surface area contributed by atoms with E-state index in [4.69, 9.17) is 9.47 Å². The number of aromatic hydroxyl groups is 1. The van der Waals surface area contributed by atoms with Gasteiger partial charge in [-0.05, 0) is 30.2 Å². The van der Waals surface area contributed by atoms with Crippen molar-refractivity contribution in [2.45, 2.75) is 32.3 Å². The molecular weight excluding hydrogens is 372 g/mol. The second kappa shape index (κ2) is 7.69. The van der Waals surface area contributed by atoms with Crippen molar-refractivity contribution in [2.75, 3.05) is 7.11 Å². The second-order valence-corrected chi connectivity index (χ2v) is 7.06. The van der Waals surface area contributed by atoms with Gasteiger partial charge in [-0.2, -0.15) is 0 Å². The average molecular weight is 394 g/mol. The fraction of sp³-hybridized carbons (Fsp3) is 0.273. The Morgan fingerprint density at radius 1 is 1.21 bits per heavy atom. The summed E-state index contributed by atoms with van der Waals surface area (Å²) in [6.45, 7) is 2.53. The standard InChI is InChI=1S/C22H22N2O5/c1-12(25)19(22(27)28-2)24-20(13-7-8-14-10-29-11-15(14)9-13)18-16-5-3-4-6-17(16)23-21(18)26/h3-9,12,19,23,25-26H,10-11H2,1-2H3. The molecule has 0 aliphatic carbocycles. The van der Waals surface area contributed by atoms with Gasteiger partial charge in [0.2, 0.25) is 0 Å². The van der Waals surface area contributed by atoms with Crippen LogP contribution in [0.3, 0.4) is 0 Å². The summed E-state index contributed by atoms with van der Waals surface area (Å²) in [4.78, 5) is 19.8. The van der Waals surface area contributed by atoms with Gasteiger partial charge in [0, 0.05) is 16.5 Å². The molecule has 0 saturated carbocycles. The van der Waals surface area contributed by atoms with Crippen LogP contribution in [0.15, 0.2) is 47.5 Å². The highest BCUT2D eigenvalue weighted by Crippen LogP contribution is 2.32. The predicted octanol–water partition coefficient (Wildman–Crippen LogP) is 2.66. The lowest BCUT2D eigenvalue weighted by atomic mass is 9.97. The molecule has 7 nitrogen and oxygen atoms in total. The number of aromatic nitrogens is 1. The lowest BCUT2D eigenvalue weighted by molar-refractivity contribution is -0.144. The Balaban J connectivity index is 1.95. The van der Waals surface area contributed by atoms with Crippen LogP contribution >= 0.6 is 0 Å². The SMILES string of the molecule is COC(=O)C(N=C(c1ccc2c(c1)COC2)c1c(O)[nH]c2ccccc12)C(C)O. The summed E-state index contributed by atoms with van der Waals surface area (Å²) in [5.41, 5.74) is 4.44. The zero-order valence-corrected chi connectivity index (χ0v) is 16.2. The van der Waals surface area contributed by atoms with E-state index < -0.39 is 18.1 Å². The Hall–Kier alpha value is -3.16. The largest absolute Gasteiger partial charge is 0.494 e. The molecule has 3 aromatic rings. The summed E-state index contributed by atoms with van der Waals surface area (Å²) < 4.78 is 10.3. The van der Waals surface area contributed by atoms with Crippen molar-refractivity contribution in [1.29, 1.82) is 0 Å². The third kappa shape index (κ3) is 3.50. The van der Waals surface area contributed by atoms with Crippen molar-refractivity contribution in [1.82, 2.24) is 4.98 Å². The number of carbonyl (C=O) groups excluding carboxylic acids is 1. The third-order valence-electron chi connectivity index (χ3n) is 5.09. The molecule has 2 atom stereocenters. The Bertz CT molecular complexity index is 1100. The molecule has 2 unspecified atom stereocenters. The highest BCUT2D eigenvalue weighted by molar-refractivity contribution is 6.21. The zero-order chi connectivity index (χ0) is 20.5. The van der Waals surface area contributed by atoms with Crippen LogP contribution in [0.25, 0.3) is 10.9 Å². The zero-order valence-electron chi connectivity index (χ0n) is 16.2. The number of ether oxygens (including phenoxy) is 2. The highest BCUT2D eigenvalue weighted by Gasteiger charge is 2.28. The molecule has 0 radical (unpaired) electrons. The summed E-state index contributed by atoms with van der Waals surface area (Å²) >= 11 is 0. The van der Waals surface area contributed by atoms with Crippen LogP contribution in [0.1, 0.15) is 29.2 Å². The summed E-state index contributed by atoms with van der Waals surface area (Å²) in [5.74, 6) is -0.711. The number of nitrogens with one attached hydrogen (secondary N) is 1. The molecule has 0 fully saturated rings. The van der Waals surface area contributed by atoms with E-state index in [0.717, 1.165) is 22.0 Å². The van der Waals surface area contributed by atoms with Crippen molar-refractivity contribution in [2.24, 2.45) is 4.99 Å². The fourth-order valence-corrected chi connectivity index (χ4v) is 3.59. The van der Waals surface area contributed by atoms with Gasteiger partial charge in [0.05, 0.1) is 37.7 Å². The molecule has 0 spiro atoms. The highest BCUT2D eigenvalue weighted by atomic mass is 16.5. The summed E-state index contributed by atoms with van der Waals surface area (Å²) in [7, 11) is 1.25. The fourth-order valence-electron chi connectivity index (χ4n) is 3.59. The van der Waals surface area contributed by atoms with Gasteiger partial charge in [-0.3, -0.25) is 4.99 Å². The van der Waals surface area contributed by atoms with Crippen molar-refractivity contribution in [3.05, 3.63) is 64.7 Å². The number of aliphatic hydroxyl groups excluding tert-OH is 1. The molecule has 29 heavy (non-hydrogen) atoms. The first-order chi connectivity index (χ1) is 14.0. The maximum absolute atomic E-state index is 12.2. The third-order valence-corrected chi connectivity index (χ3v) is 5.09. The molecule has 0 bridgehead atoms. The van der Waals surface area contributed by atoms with Crippen LogP contribution in [0, 0.1) is 0 Å². The van der Waals surface area contributed by atoms with E-state index in [9.17, 15) is 15.0 Å². The summed E-state index contributed by atoms with van der Waals surface area (Å²) in [6.07, 6.45) is -1.07. The first-order valence-corrected chi connectivity index (χ1v) is 9.33. The average Bonchev–Trinajstić information content (AvgIpc) is 3.31. The van der Waals surface area contributed by atoms with Crippen LogP contribution < -0.4 is 0 Å². The van der Waals surface area contributed by atoms with E-state index in [0.29, 0.717) is 30.1 Å². The number of aliphatic hydroxyl groups is 1. The Kier molecular flexibility index (Phi) is 5.08. The number of hydrogen-bond donors (Lipinski definition) is 3. The Morgan fingerprint density at radius 3 is 2.72 bits per heavy atom. The van der Waals surface area contributed by atoms with Crippen molar-refractivity contribution in [3.8, 4) is 5.88 Å². The van der Waals surface area contributed by atoms with E-state index in [1.165, 1.54) is 14.0 Å². The lowest BCUT2D eigenvalue weighted by Crippen LogP contribution is -2.32. The Labute approximate surface area is 167 Å². The summed E-state index contributed by atoms with van der Waals surface area (Å²) in [6, 6.07) is 12.1.